The van der Waals surface area contributed by atoms with Crippen LogP contribution >= 0.6 is 56.4 Å². The Bertz CT molecular complexity index is 987. The maximum atomic E-state index is 12.3. The number of ether oxygens (including phenoxy) is 1. The van der Waals surface area contributed by atoms with E-state index in [9.17, 15) is 4.79 Å². The van der Waals surface area contributed by atoms with Gasteiger partial charge in [0.15, 0.2) is 4.27 Å². The van der Waals surface area contributed by atoms with Gasteiger partial charge in [-0.2, -0.15) is 0 Å². The predicted molar refractivity (Wildman–Crippen MR) is 110 cm³/mol. The molecule has 3 aromatic rings. The highest BCUT2D eigenvalue weighted by Gasteiger charge is 2.44. The summed E-state index contributed by atoms with van der Waals surface area (Å²) in [6, 6.07) is 10.1. The summed E-state index contributed by atoms with van der Waals surface area (Å²) in [6.07, 6.45) is 0. The zero-order chi connectivity index (χ0) is 16.9. The molecule has 2 aromatic heterocycles. The van der Waals surface area contributed by atoms with Crippen molar-refractivity contribution in [1.82, 2.24) is 4.57 Å². The van der Waals surface area contributed by atoms with Gasteiger partial charge < -0.3 is 9.30 Å². The molecule has 0 amide bonds. The lowest BCUT2D eigenvalue weighted by Crippen LogP contribution is -2.26. The molecule has 1 aliphatic rings. The van der Waals surface area contributed by atoms with Gasteiger partial charge in [-0.05, 0) is 17.3 Å². The summed E-state index contributed by atoms with van der Waals surface area (Å²) in [5.74, 6) is 0. The third-order valence-electron chi connectivity index (χ3n) is 3.94. The molecule has 0 spiro atoms. The van der Waals surface area contributed by atoms with Crippen LogP contribution in [0.2, 0.25) is 0 Å². The summed E-state index contributed by atoms with van der Waals surface area (Å²) in [5.41, 5.74) is 2.85. The summed E-state index contributed by atoms with van der Waals surface area (Å²) in [4.78, 5) is 13.4. The average molecular weight is 412 g/mol. The van der Waals surface area contributed by atoms with Crippen LogP contribution < -0.4 is 4.74 Å². The molecule has 3 nitrogen and oxygen atoms in total. The quantitative estimate of drug-likeness (QED) is 0.441. The van der Waals surface area contributed by atoms with Crippen LogP contribution in [0.3, 0.4) is 0 Å². The molecule has 8 heteroatoms. The Morgan fingerprint density at radius 3 is 2.62 bits per heavy atom. The lowest BCUT2D eigenvalue weighted by Gasteiger charge is -2.35. The summed E-state index contributed by atoms with van der Waals surface area (Å²) in [5, 5.41) is 0. The number of hydrogen-bond donors (Lipinski definition) is 0. The number of nitrogens with zero attached hydrogens (tertiary/aromatic N) is 1. The van der Waals surface area contributed by atoms with Crippen molar-refractivity contribution in [1.29, 1.82) is 0 Å². The van der Waals surface area contributed by atoms with E-state index >= 15 is 0 Å². The van der Waals surface area contributed by atoms with Crippen LogP contribution in [0.1, 0.15) is 18.2 Å². The van der Waals surface area contributed by atoms with E-state index in [4.69, 9.17) is 17.0 Å². The smallest absolute Gasteiger partial charge is 0.267 e. The van der Waals surface area contributed by atoms with E-state index in [1.54, 1.807) is 30.6 Å². The molecule has 0 saturated heterocycles. The average Bonchev–Trinajstić information content (AvgIpc) is 3.14. The van der Waals surface area contributed by atoms with Gasteiger partial charge in [0.1, 0.15) is 5.52 Å². The topological polar surface area (TPSA) is 31.2 Å². The van der Waals surface area contributed by atoms with Gasteiger partial charge in [-0.15, -0.1) is 0 Å². The molecular formula is C16H13NO2S5. The number of aromatic nitrogens is 1. The number of hydrogen-bond acceptors (Lipinski definition) is 7. The highest BCUT2D eigenvalue weighted by molar-refractivity contribution is 8.31. The van der Waals surface area contributed by atoms with Crippen LogP contribution in [0.4, 0.5) is 0 Å². The Morgan fingerprint density at radius 1 is 1.21 bits per heavy atom. The summed E-state index contributed by atoms with van der Waals surface area (Å²) in [6.45, 7) is 2.78. The molecule has 124 valence electrons. The Labute approximate surface area is 160 Å². The fraction of sp³-hybridized carbons (Fsp3) is 0.250. The van der Waals surface area contributed by atoms with E-state index in [0.717, 1.165) is 37.1 Å². The molecule has 1 atom stereocenters. The second-order valence-corrected chi connectivity index (χ2v) is 10.6. The van der Waals surface area contributed by atoms with Crippen LogP contribution in [-0.4, -0.2) is 15.9 Å². The minimum Gasteiger partial charge on any atom is -0.353 e. The highest BCUT2D eigenvalue weighted by Crippen LogP contribution is 2.59. The largest absolute Gasteiger partial charge is 0.353 e. The molecule has 0 fully saturated rings. The molecule has 1 aromatic carbocycles. The van der Waals surface area contributed by atoms with Gasteiger partial charge in [0, 0.05) is 19.2 Å². The first-order valence-corrected chi connectivity index (χ1v) is 11.5. The van der Waals surface area contributed by atoms with Gasteiger partial charge >= 0.3 is 0 Å². The van der Waals surface area contributed by atoms with E-state index in [1.165, 1.54) is 20.7 Å². The molecular weight excluding hydrogens is 399 g/mol. The Balaban J connectivity index is 1.98. The molecule has 1 unspecified atom stereocenters. The number of rotatable bonds is 3. The fourth-order valence-electron chi connectivity index (χ4n) is 2.87. The molecule has 0 bridgehead atoms. The number of benzene rings is 1. The van der Waals surface area contributed by atoms with E-state index in [-0.39, 0.29) is 4.74 Å². The zero-order valence-electron chi connectivity index (χ0n) is 12.9. The van der Waals surface area contributed by atoms with Gasteiger partial charge in [0.2, 0.25) is 0 Å². The number of thiocarbonyl (C=S) groups is 1. The van der Waals surface area contributed by atoms with Crippen molar-refractivity contribution >= 4 is 70.8 Å². The van der Waals surface area contributed by atoms with Crippen LogP contribution in [0.25, 0.3) is 10.2 Å². The maximum Gasteiger partial charge on any atom is 0.267 e. The van der Waals surface area contributed by atoms with Crippen LogP contribution in [0.5, 0.6) is 0 Å². The van der Waals surface area contributed by atoms with Crippen LogP contribution in [0, 0.1) is 0 Å². The van der Waals surface area contributed by atoms with Crippen molar-refractivity contribution in [2.75, 3.05) is 7.11 Å². The fourth-order valence-corrected chi connectivity index (χ4v) is 8.96. The number of fused-ring (bicyclic) bond motifs is 3. The summed E-state index contributed by atoms with van der Waals surface area (Å²) >= 11 is 8.93. The highest BCUT2D eigenvalue weighted by atomic mass is 32.9. The van der Waals surface area contributed by atoms with E-state index in [1.807, 2.05) is 18.2 Å². The van der Waals surface area contributed by atoms with Crippen LogP contribution in [-0.2, 0) is 15.5 Å². The van der Waals surface area contributed by atoms with Crippen molar-refractivity contribution in [2.45, 2.75) is 22.6 Å². The first-order chi connectivity index (χ1) is 11.6. The van der Waals surface area contributed by atoms with Crippen molar-refractivity contribution in [3.05, 3.63) is 51.1 Å². The third kappa shape index (κ3) is 2.35. The van der Waals surface area contributed by atoms with Gasteiger partial charge in [0.25, 0.3) is 4.74 Å². The Hall–Kier alpha value is -0.640. The molecule has 0 N–H and O–H groups in total. The second-order valence-electron chi connectivity index (χ2n) is 5.17. The van der Waals surface area contributed by atoms with Gasteiger partial charge in [-0.3, -0.25) is 4.79 Å². The summed E-state index contributed by atoms with van der Waals surface area (Å²) in [7, 11) is 4.54. The maximum absolute atomic E-state index is 12.3. The van der Waals surface area contributed by atoms with Crippen molar-refractivity contribution in [2.24, 2.45) is 0 Å². The molecule has 1 aliphatic heterocycles. The van der Waals surface area contributed by atoms with Gasteiger partial charge in [0.05, 0.1) is 19.5 Å². The Morgan fingerprint density at radius 2 is 1.96 bits per heavy atom. The first kappa shape index (κ1) is 16.8. The molecule has 0 aliphatic carbocycles. The lowest BCUT2D eigenvalue weighted by atomic mass is 10.2. The second kappa shape index (κ2) is 6.26. The predicted octanol–water partition coefficient (Wildman–Crippen LogP) is 5.12. The van der Waals surface area contributed by atoms with Crippen molar-refractivity contribution in [3.8, 4) is 0 Å². The van der Waals surface area contributed by atoms with Gasteiger partial charge in [-0.1, -0.05) is 76.4 Å². The number of methoxy groups -OCH3 is 1. The van der Waals surface area contributed by atoms with Crippen LogP contribution in [0.15, 0.2) is 40.0 Å². The standard InChI is InChI=1S/C16H13NO2S5/c1-3-17-10-13(23-24-14(10)18)12-11(17)15(20)22-16(19-2,21-12)9-7-5-4-6-8-9/h4-8H,3H2,1-2H3. The summed E-state index contributed by atoms with van der Waals surface area (Å²) < 4.78 is 9.33. The third-order valence-corrected chi connectivity index (χ3v) is 9.53. The Kier molecular flexibility index (Phi) is 4.39. The minimum atomic E-state index is -0.615. The molecule has 0 radical (unpaired) electrons. The van der Waals surface area contributed by atoms with Gasteiger partial charge in [-0.25, -0.2) is 0 Å². The van der Waals surface area contributed by atoms with Crippen molar-refractivity contribution < 1.29 is 4.74 Å². The molecule has 3 heterocycles. The SMILES string of the molecule is CCn1c2c(c3ssc(=O)c31)SC(OC)(c1ccccc1)SC2=S. The minimum absolute atomic E-state index is 0.113. The number of thioether (sulfide) groups is 2. The van der Waals surface area contributed by atoms with E-state index in [2.05, 4.69) is 23.6 Å². The zero-order valence-corrected chi connectivity index (χ0v) is 17.0. The molecule has 24 heavy (non-hydrogen) atoms. The van der Waals surface area contributed by atoms with E-state index < -0.39 is 4.27 Å². The lowest BCUT2D eigenvalue weighted by molar-refractivity contribution is 0.147. The molecule has 4 rings (SSSR count). The first-order valence-electron chi connectivity index (χ1n) is 7.29. The normalized spacial score (nSPS) is 20.5. The van der Waals surface area contributed by atoms with E-state index in [0.29, 0.717) is 0 Å². The molecule has 0 saturated carbocycles. The monoisotopic (exact) mass is 411 g/mol. The van der Waals surface area contributed by atoms with Crippen molar-refractivity contribution in [3.63, 3.8) is 0 Å². The number of aryl methyl sites for hydroxylation is 1.